The van der Waals surface area contributed by atoms with Gasteiger partial charge in [0.1, 0.15) is 0 Å². The Hall–Kier alpha value is -1.26. The Kier molecular flexibility index (Phi) is 5.44. The van der Waals surface area contributed by atoms with Crippen molar-refractivity contribution < 1.29 is 14.7 Å². The summed E-state index contributed by atoms with van der Waals surface area (Å²) in [4.78, 5) is 24.4. The highest BCUT2D eigenvalue weighted by atomic mass is 16.4. The third-order valence-electron chi connectivity index (χ3n) is 3.43. The molecule has 2 amide bonds. The quantitative estimate of drug-likeness (QED) is 0.805. The summed E-state index contributed by atoms with van der Waals surface area (Å²) in [6.07, 6.45) is 1.64. The molecule has 1 rings (SSSR count). The number of hydrogen-bond acceptors (Lipinski definition) is 2. The summed E-state index contributed by atoms with van der Waals surface area (Å²) in [5.74, 6) is -0.149. The summed E-state index contributed by atoms with van der Waals surface area (Å²) in [7, 11) is 0. The maximum absolute atomic E-state index is 11.9. The first-order chi connectivity index (χ1) is 8.40. The highest BCUT2D eigenvalue weighted by Crippen LogP contribution is 2.20. The first kappa shape index (κ1) is 14.8. The molecule has 1 fully saturated rings. The number of carbonyl (C=O) groups excluding carboxylic acids is 1. The minimum atomic E-state index is -0.815. The zero-order valence-corrected chi connectivity index (χ0v) is 11.5. The number of nitrogens with zero attached hydrogens (tertiary/aromatic N) is 1. The predicted octanol–water partition coefficient (Wildman–Crippen LogP) is 1.78. The van der Waals surface area contributed by atoms with Crippen LogP contribution in [0.1, 0.15) is 33.6 Å². The molecule has 1 saturated heterocycles. The van der Waals surface area contributed by atoms with E-state index in [9.17, 15) is 9.59 Å². The number of carboxylic acid groups (broad SMARTS) is 1. The van der Waals surface area contributed by atoms with Crippen LogP contribution in [-0.4, -0.2) is 41.6 Å². The molecule has 0 spiro atoms. The third-order valence-corrected chi connectivity index (χ3v) is 3.43. The van der Waals surface area contributed by atoms with Crippen LogP contribution >= 0.6 is 0 Å². The average Bonchev–Trinajstić information content (AvgIpc) is 2.27. The van der Waals surface area contributed by atoms with E-state index in [1.807, 2.05) is 4.90 Å². The summed E-state index contributed by atoms with van der Waals surface area (Å²) in [5.41, 5.74) is 0. The molecule has 0 aromatic carbocycles. The normalized spacial score (nSPS) is 25.6. The smallest absolute Gasteiger partial charge is 0.317 e. The molecule has 0 aromatic heterocycles. The monoisotopic (exact) mass is 256 g/mol. The molecular formula is C13H24N2O3. The molecular weight excluding hydrogens is 232 g/mol. The van der Waals surface area contributed by atoms with Gasteiger partial charge < -0.3 is 15.3 Å². The number of carboxylic acids is 1. The van der Waals surface area contributed by atoms with Crippen molar-refractivity contribution in [3.05, 3.63) is 0 Å². The number of hydrogen-bond donors (Lipinski definition) is 2. The molecule has 18 heavy (non-hydrogen) atoms. The van der Waals surface area contributed by atoms with Gasteiger partial charge in [-0.05, 0) is 24.7 Å². The Labute approximate surface area is 109 Å². The maximum Gasteiger partial charge on any atom is 0.317 e. The van der Waals surface area contributed by atoms with Gasteiger partial charge in [-0.15, -0.1) is 0 Å². The Morgan fingerprint density at radius 1 is 1.33 bits per heavy atom. The summed E-state index contributed by atoms with van der Waals surface area (Å²) >= 11 is 0. The van der Waals surface area contributed by atoms with Crippen LogP contribution in [0, 0.1) is 17.8 Å². The van der Waals surface area contributed by atoms with Gasteiger partial charge in [0.25, 0.3) is 0 Å². The topological polar surface area (TPSA) is 69.6 Å². The van der Waals surface area contributed by atoms with Gasteiger partial charge in [0.05, 0.1) is 5.92 Å². The minimum Gasteiger partial charge on any atom is -0.481 e. The van der Waals surface area contributed by atoms with Crippen LogP contribution in [0.2, 0.25) is 0 Å². The van der Waals surface area contributed by atoms with Gasteiger partial charge in [-0.25, -0.2) is 4.79 Å². The number of urea groups is 1. The molecule has 2 N–H and O–H groups in total. The van der Waals surface area contributed by atoms with E-state index in [1.54, 1.807) is 6.92 Å². The molecule has 5 nitrogen and oxygen atoms in total. The van der Waals surface area contributed by atoms with Crippen molar-refractivity contribution in [2.75, 3.05) is 19.6 Å². The van der Waals surface area contributed by atoms with Crippen molar-refractivity contribution in [1.29, 1.82) is 0 Å². The Morgan fingerprint density at radius 3 is 2.39 bits per heavy atom. The van der Waals surface area contributed by atoms with Crippen molar-refractivity contribution in [2.45, 2.75) is 33.6 Å². The fraction of sp³-hybridized carbons (Fsp3) is 0.846. The molecule has 5 heteroatoms. The number of likely N-dealkylation sites (tertiary alicyclic amines) is 1. The predicted molar refractivity (Wildman–Crippen MR) is 69.3 cm³/mol. The zero-order chi connectivity index (χ0) is 13.7. The SMILES string of the molecule is CC1CC(C)CN(C(=O)NCCC(C)C(=O)O)C1. The van der Waals surface area contributed by atoms with Gasteiger partial charge in [-0.1, -0.05) is 20.8 Å². The van der Waals surface area contributed by atoms with Gasteiger partial charge in [-0.3, -0.25) is 4.79 Å². The van der Waals surface area contributed by atoms with Crippen molar-refractivity contribution in [1.82, 2.24) is 10.2 Å². The minimum absolute atomic E-state index is 0.0639. The van der Waals surface area contributed by atoms with E-state index in [-0.39, 0.29) is 6.03 Å². The van der Waals surface area contributed by atoms with Crippen molar-refractivity contribution in [2.24, 2.45) is 17.8 Å². The van der Waals surface area contributed by atoms with Crippen molar-refractivity contribution in [3.8, 4) is 0 Å². The van der Waals surface area contributed by atoms with E-state index in [4.69, 9.17) is 5.11 Å². The molecule has 3 atom stereocenters. The van der Waals surface area contributed by atoms with E-state index < -0.39 is 11.9 Å². The second kappa shape index (κ2) is 6.61. The summed E-state index contributed by atoms with van der Waals surface area (Å²) in [6, 6.07) is -0.0639. The Morgan fingerprint density at radius 2 is 1.89 bits per heavy atom. The number of nitrogens with one attached hydrogen (secondary N) is 1. The number of rotatable bonds is 4. The summed E-state index contributed by atoms with van der Waals surface area (Å²) in [6.45, 7) is 7.98. The van der Waals surface area contributed by atoms with E-state index in [0.717, 1.165) is 13.1 Å². The molecule has 0 aromatic rings. The molecule has 0 aliphatic carbocycles. The standard InChI is InChI=1S/C13H24N2O3/c1-9-6-10(2)8-15(7-9)13(18)14-5-4-11(3)12(16)17/h9-11H,4-8H2,1-3H3,(H,14,18)(H,16,17). The van der Waals surface area contributed by atoms with Gasteiger partial charge in [0.15, 0.2) is 0 Å². The average molecular weight is 256 g/mol. The second-order valence-electron chi connectivity index (χ2n) is 5.61. The number of carbonyl (C=O) groups is 2. The van der Waals surface area contributed by atoms with Gasteiger partial charge in [0, 0.05) is 19.6 Å². The fourth-order valence-corrected chi connectivity index (χ4v) is 2.46. The molecule has 1 heterocycles. The molecule has 1 aliphatic rings. The molecule has 104 valence electrons. The second-order valence-corrected chi connectivity index (χ2v) is 5.61. The Bertz CT molecular complexity index is 297. The fourth-order valence-electron chi connectivity index (χ4n) is 2.46. The third kappa shape index (κ3) is 4.55. The number of aliphatic carboxylic acids is 1. The first-order valence-electron chi connectivity index (χ1n) is 6.65. The summed E-state index contributed by atoms with van der Waals surface area (Å²) in [5, 5.41) is 11.5. The molecule has 0 saturated carbocycles. The Balaban J connectivity index is 2.30. The van der Waals surface area contributed by atoms with E-state index >= 15 is 0 Å². The highest BCUT2D eigenvalue weighted by Gasteiger charge is 2.25. The van der Waals surface area contributed by atoms with E-state index in [1.165, 1.54) is 6.42 Å². The van der Waals surface area contributed by atoms with Crippen LogP contribution < -0.4 is 5.32 Å². The highest BCUT2D eigenvalue weighted by molar-refractivity contribution is 5.74. The van der Waals surface area contributed by atoms with Crippen LogP contribution in [-0.2, 0) is 4.79 Å². The van der Waals surface area contributed by atoms with Crippen LogP contribution in [0.3, 0.4) is 0 Å². The lowest BCUT2D eigenvalue weighted by molar-refractivity contribution is -0.141. The van der Waals surface area contributed by atoms with Crippen LogP contribution in [0.4, 0.5) is 4.79 Å². The van der Waals surface area contributed by atoms with Crippen LogP contribution in [0.5, 0.6) is 0 Å². The largest absolute Gasteiger partial charge is 0.481 e. The van der Waals surface area contributed by atoms with E-state index in [0.29, 0.717) is 24.8 Å². The van der Waals surface area contributed by atoms with Gasteiger partial charge in [0.2, 0.25) is 0 Å². The van der Waals surface area contributed by atoms with Crippen LogP contribution in [0.25, 0.3) is 0 Å². The summed E-state index contributed by atoms with van der Waals surface area (Å²) < 4.78 is 0. The van der Waals surface area contributed by atoms with Gasteiger partial charge in [-0.2, -0.15) is 0 Å². The molecule has 1 aliphatic heterocycles. The lowest BCUT2D eigenvalue weighted by Gasteiger charge is -2.35. The molecule has 3 unspecified atom stereocenters. The molecule has 0 bridgehead atoms. The maximum atomic E-state index is 11.9. The van der Waals surface area contributed by atoms with Crippen LogP contribution in [0.15, 0.2) is 0 Å². The number of amides is 2. The lowest BCUT2D eigenvalue weighted by atomic mass is 9.92. The lowest BCUT2D eigenvalue weighted by Crippen LogP contribution is -2.47. The zero-order valence-electron chi connectivity index (χ0n) is 11.5. The first-order valence-corrected chi connectivity index (χ1v) is 6.65. The molecule has 0 radical (unpaired) electrons. The van der Waals surface area contributed by atoms with Crippen molar-refractivity contribution in [3.63, 3.8) is 0 Å². The van der Waals surface area contributed by atoms with E-state index in [2.05, 4.69) is 19.2 Å². The number of piperidine rings is 1. The van der Waals surface area contributed by atoms with Gasteiger partial charge >= 0.3 is 12.0 Å². The van der Waals surface area contributed by atoms with Crippen molar-refractivity contribution >= 4 is 12.0 Å².